The SMILES string of the molecule is COCc1cccc(C[C@H](O)C=C[C@H]2CCC(=S)N2CCCCCCC(=O)O)c1. The van der Waals surface area contributed by atoms with Crippen molar-refractivity contribution in [3.8, 4) is 0 Å². The number of methoxy groups -OCH3 is 1. The summed E-state index contributed by atoms with van der Waals surface area (Å²) in [6, 6.07) is 8.36. The normalized spacial score (nSPS) is 17.9. The third-order valence-electron chi connectivity index (χ3n) is 5.22. The quantitative estimate of drug-likeness (QED) is 0.285. The molecule has 0 aromatic heterocycles. The minimum Gasteiger partial charge on any atom is -0.481 e. The van der Waals surface area contributed by atoms with Crippen molar-refractivity contribution in [3.05, 3.63) is 47.5 Å². The largest absolute Gasteiger partial charge is 0.481 e. The number of thiocarbonyl (C=S) groups is 1. The molecule has 1 aliphatic heterocycles. The number of aliphatic carboxylic acids is 1. The van der Waals surface area contributed by atoms with Gasteiger partial charge in [-0.2, -0.15) is 0 Å². The zero-order valence-electron chi connectivity index (χ0n) is 17.3. The van der Waals surface area contributed by atoms with E-state index in [-0.39, 0.29) is 12.5 Å². The van der Waals surface area contributed by atoms with E-state index in [9.17, 15) is 9.90 Å². The molecule has 0 unspecified atom stereocenters. The molecular formula is C23H33NO4S. The van der Waals surface area contributed by atoms with Crippen LogP contribution in [0.5, 0.6) is 0 Å². The highest BCUT2D eigenvalue weighted by atomic mass is 32.1. The molecule has 2 rings (SSSR count). The number of aliphatic hydroxyl groups excluding tert-OH is 1. The van der Waals surface area contributed by atoms with Crippen LogP contribution in [0.1, 0.15) is 56.1 Å². The Bertz CT molecular complexity index is 691. The van der Waals surface area contributed by atoms with Crippen LogP contribution >= 0.6 is 12.2 Å². The van der Waals surface area contributed by atoms with Gasteiger partial charge in [0.1, 0.15) is 0 Å². The molecule has 5 nitrogen and oxygen atoms in total. The highest BCUT2D eigenvalue weighted by Gasteiger charge is 2.25. The number of nitrogens with zero attached hydrogens (tertiary/aromatic N) is 1. The first-order valence-electron chi connectivity index (χ1n) is 10.4. The highest BCUT2D eigenvalue weighted by Crippen LogP contribution is 2.22. The summed E-state index contributed by atoms with van der Waals surface area (Å²) in [5, 5.41) is 19.1. The van der Waals surface area contributed by atoms with Crippen LogP contribution in [-0.2, 0) is 22.6 Å². The van der Waals surface area contributed by atoms with E-state index in [0.717, 1.165) is 61.2 Å². The average Bonchev–Trinajstić information content (AvgIpc) is 3.03. The highest BCUT2D eigenvalue weighted by molar-refractivity contribution is 7.80. The summed E-state index contributed by atoms with van der Waals surface area (Å²) < 4.78 is 5.17. The lowest BCUT2D eigenvalue weighted by Gasteiger charge is -2.24. The van der Waals surface area contributed by atoms with Gasteiger partial charge in [-0.3, -0.25) is 4.79 Å². The number of likely N-dealkylation sites (tertiary alicyclic amines) is 1. The number of carbonyl (C=O) groups is 1. The number of ether oxygens (including phenoxy) is 1. The molecular weight excluding hydrogens is 386 g/mol. The van der Waals surface area contributed by atoms with Gasteiger partial charge in [-0.25, -0.2) is 0 Å². The molecule has 160 valence electrons. The van der Waals surface area contributed by atoms with Gasteiger partial charge < -0.3 is 19.8 Å². The molecule has 0 amide bonds. The first-order chi connectivity index (χ1) is 14.0. The topological polar surface area (TPSA) is 70.0 Å². The van der Waals surface area contributed by atoms with Crippen molar-refractivity contribution in [1.29, 1.82) is 0 Å². The van der Waals surface area contributed by atoms with Crippen molar-refractivity contribution >= 4 is 23.2 Å². The fourth-order valence-electron chi connectivity index (χ4n) is 3.74. The number of aliphatic hydroxyl groups is 1. The van der Waals surface area contributed by atoms with Crippen molar-refractivity contribution in [2.45, 2.75) is 70.1 Å². The predicted molar refractivity (Wildman–Crippen MR) is 119 cm³/mol. The van der Waals surface area contributed by atoms with Crippen molar-refractivity contribution < 1.29 is 19.7 Å². The lowest BCUT2D eigenvalue weighted by atomic mass is 10.0. The average molecular weight is 420 g/mol. The molecule has 2 atom stereocenters. The maximum absolute atomic E-state index is 10.6. The van der Waals surface area contributed by atoms with Gasteiger partial charge in [0, 0.05) is 39.0 Å². The summed E-state index contributed by atoms with van der Waals surface area (Å²) in [6.07, 6.45) is 9.89. The maximum atomic E-state index is 10.6. The third kappa shape index (κ3) is 8.64. The van der Waals surface area contributed by atoms with Gasteiger partial charge >= 0.3 is 5.97 Å². The Balaban J connectivity index is 1.79. The molecule has 2 N–H and O–H groups in total. The van der Waals surface area contributed by atoms with Crippen molar-refractivity contribution in [2.24, 2.45) is 0 Å². The molecule has 1 aromatic rings. The zero-order valence-corrected chi connectivity index (χ0v) is 18.1. The molecule has 1 heterocycles. The molecule has 0 bridgehead atoms. The molecule has 0 saturated carbocycles. The summed E-state index contributed by atoms with van der Waals surface area (Å²) in [4.78, 5) is 13.8. The van der Waals surface area contributed by atoms with E-state index < -0.39 is 12.1 Å². The van der Waals surface area contributed by atoms with Crippen molar-refractivity contribution in [1.82, 2.24) is 4.90 Å². The van der Waals surface area contributed by atoms with Gasteiger partial charge in [-0.1, -0.05) is 61.5 Å². The van der Waals surface area contributed by atoms with Gasteiger partial charge in [0.15, 0.2) is 0 Å². The van der Waals surface area contributed by atoms with E-state index in [4.69, 9.17) is 22.1 Å². The molecule has 0 spiro atoms. The summed E-state index contributed by atoms with van der Waals surface area (Å²) in [5.74, 6) is -0.722. The Hall–Kier alpha value is -1.76. The summed E-state index contributed by atoms with van der Waals surface area (Å²) in [7, 11) is 1.68. The Kier molecular flexibility index (Phi) is 10.3. The summed E-state index contributed by atoms with van der Waals surface area (Å²) in [5.41, 5.74) is 2.20. The minimum absolute atomic E-state index is 0.246. The Morgan fingerprint density at radius 1 is 1.31 bits per heavy atom. The van der Waals surface area contributed by atoms with Crippen LogP contribution in [0.25, 0.3) is 0 Å². The number of rotatable bonds is 13. The summed E-state index contributed by atoms with van der Waals surface area (Å²) in [6.45, 7) is 1.47. The summed E-state index contributed by atoms with van der Waals surface area (Å²) >= 11 is 5.52. The van der Waals surface area contributed by atoms with Crippen molar-refractivity contribution in [3.63, 3.8) is 0 Å². The third-order valence-corrected chi connectivity index (χ3v) is 5.66. The Labute approximate surface area is 179 Å². The molecule has 1 aromatic carbocycles. The second-order valence-electron chi connectivity index (χ2n) is 7.66. The van der Waals surface area contributed by atoms with Gasteiger partial charge in [0.05, 0.1) is 17.7 Å². The zero-order chi connectivity index (χ0) is 21.1. The first-order valence-corrected chi connectivity index (χ1v) is 10.8. The van der Waals surface area contributed by atoms with E-state index in [1.165, 1.54) is 0 Å². The van der Waals surface area contributed by atoms with Crippen LogP contribution < -0.4 is 0 Å². The first kappa shape index (κ1) is 23.5. The van der Waals surface area contributed by atoms with E-state index in [2.05, 4.69) is 17.0 Å². The fraction of sp³-hybridized carbons (Fsp3) is 0.565. The molecule has 1 saturated heterocycles. The molecule has 1 fully saturated rings. The smallest absolute Gasteiger partial charge is 0.303 e. The number of unbranched alkanes of at least 4 members (excludes halogenated alkanes) is 3. The number of carboxylic acids is 1. The van der Waals surface area contributed by atoms with Crippen LogP contribution in [0.3, 0.4) is 0 Å². The standard InChI is InChI=1S/C23H33NO4S/c1-28-17-19-8-6-7-18(15-19)16-21(25)12-10-20-11-13-22(29)24(20)14-5-3-2-4-9-23(26)27/h6-8,10,12,15,20-21,25H,2-5,9,11,13-14,16-17H2,1H3,(H,26,27)/t20-,21+/m0/s1. The van der Waals surface area contributed by atoms with Crippen LogP contribution in [0.15, 0.2) is 36.4 Å². The van der Waals surface area contributed by atoms with Crippen molar-refractivity contribution in [2.75, 3.05) is 13.7 Å². The number of hydrogen-bond donors (Lipinski definition) is 2. The fourth-order valence-corrected chi connectivity index (χ4v) is 4.08. The van der Waals surface area contributed by atoms with E-state index in [0.29, 0.717) is 13.0 Å². The molecule has 29 heavy (non-hydrogen) atoms. The second kappa shape index (κ2) is 12.7. The monoisotopic (exact) mass is 419 g/mol. The second-order valence-corrected chi connectivity index (χ2v) is 8.13. The van der Waals surface area contributed by atoms with Crippen LogP contribution in [-0.4, -0.2) is 51.9 Å². The minimum atomic E-state index is -0.722. The maximum Gasteiger partial charge on any atom is 0.303 e. The van der Waals surface area contributed by atoms with E-state index in [1.54, 1.807) is 7.11 Å². The number of hydrogen-bond acceptors (Lipinski definition) is 4. The number of carboxylic acid groups (broad SMARTS) is 1. The number of benzene rings is 1. The Morgan fingerprint density at radius 3 is 2.83 bits per heavy atom. The predicted octanol–water partition coefficient (Wildman–Crippen LogP) is 4.12. The van der Waals surface area contributed by atoms with Gasteiger partial charge in [-0.15, -0.1) is 0 Å². The van der Waals surface area contributed by atoms with Crippen LogP contribution in [0, 0.1) is 0 Å². The van der Waals surface area contributed by atoms with Gasteiger partial charge in [0.25, 0.3) is 0 Å². The van der Waals surface area contributed by atoms with Gasteiger partial charge in [0.2, 0.25) is 0 Å². The van der Waals surface area contributed by atoms with Crippen LogP contribution in [0.4, 0.5) is 0 Å². The molecule has 6 heteroatoms. The van der Waals surface area contributed by atoms with Gasteiger partial charge in [-0.05, 0) is 30.4 Å². The Morgan fingerprint density at radius 2 is 2.07 bits per heavy atom. The molecule has 1 aliphatic rings. The van der Waals surface area contributed by atoms with E-state index >= 15 is 0 Å². The lowest BCUT2D eigenvalue weighted by Crippen LogP contribution is -2.32. The molecule has 0 aliphatic carbocycles. The van der Waals surface area contributed by atoms with Crippen LogP contribution in [0.2, 0.25) is 0 Å². The molecule has 0 radical (unpaired) electrons. The lowest BCUT2D eigenvalue weighted by molar-refractivity contribution is -0.137. The van der Waals surface area contributed by atoms with E-state index in [1.807, 2.05) is 24.3 Å².